The third-order valence-corrected chi connectivity index (χ3v) is 5.08. The van der Waals surface area contributed by atoms with Crippen LogP contribution in [-0.2, 0) is 4.79 Å². The number of benzene rings is 3. The minimum absolute atomic E-state index is 0.180. The van der Waals surface area contributed by atoms with Crippen LogP contribution in [0, 0.1) is 6.92 Å². The van der Waals surface area contributed by atoms with Crippen LogP contribution in [0.3, 0.4) is 0 Å². The first-order valence-corrected chi connectivity index (χ1v) is 11.5. The molecule has 0 aliphatic heterocycles. The Balaban J connectivity index is 1.60. The highest BCUT2D eigenvalue weighted by Crippen LogP contribution is 2.23. The summed E-state index contributed by atoms with van der Waals surface area (Å²) in [7, 11) is 0. The third-order valence-electron chi connectivity index (χ3n) is 4.58. The smallest absolute Gasteiger partial charge is 0.343 e. The highest BCUT2D eigenvalue weighted by Gasteiger charge is 2.12. The van der Waals surface area contributed by atoms with Gasteiger partial charge in [0.15, 0.2) is 6.61 Å². The minimum Gasteiger partial charge on any atom is -0.494 e. The molecule has 0 heterocycles. The molecule has 0 spiro atoms. The van der Waals surface area contributed by atoms with Gasteiger partial charge < -0.3 is 14.2 Å². The van der Waals surface area contributed by atoms with Crippen molar-refractivity contribution in [2.45, 2.75) is 20.3 Å². The van der Waals surface area contributed by atoms with Crippen molar-refractivity contribution >= 4 is 34.0 Å². The average Bonchev–Trinajstić information content (AvgIpc) is 2.84. The summed E-state index contributed by atoms with van der Waals surface area (Å²) in [6.45, 7) is 4.35. The molecule has 0 radical (unpaired) electrons. The number of hydrogen-bond acceptors (Lipinski definition) is 6. The van der Waals surface area contributed by atoms with Gasteiger partial charge in [0.25, 0.3) is 5.91 Å². The largest absolute Gasteiger partial charge is 0.494 e. The van der Waals surface area contributed by atoms with Crippen molar-refractivity contribution in [3.8, 4) is 17.2 Å². The fourth-order valence-electron chi connectivity index (χ4n) is 2.85. The van der Waals surface area contributed by atoms with E-state index in [0.717, 1.165) is 16.5 Å². The van der Waals surface area contributed by atoms with Crippen LogP contribution in [0.5, 0.6) is 17.2 Å². The maximum absolute atomic E-state index is 12.6. The van der Waals surface area contributed by atoms with Gasteiger partial charge in [0.2, 0.25) is 0 Å². The Kier molecular flexibility index (Phi) is 9.22. The van der Waals surface area contributed by atoms with E-state index >= 15 is 0 Å². The molecule has 0 bridgehead atoms. The lowest BCUT2D eigenvalue weighted by molar-refractivity contribution is -0.123. The number of esters is 1. The predicted molar refractivity (Wildman–Crippen MR) is 134 cm³/mol. The lowest BCUT2D eigenvalue weighted by Gasteiger charge is -2.09. The monoisotopic (exact) mass is 524 g/mol. The summed E-state index contributed by atoms with van der Waals surface area (Å²) in [5.41, 5.74) is 4.24. The van der Waals surface area contributed by atoms with E-state index in [0.29, 0.717) is 35.0 Å². The second-order valence-electron chi connectivity index (χ2n) is 7.29. The zero-order chi connectivity index (χ0) is 24.3. The zero-order valence-electron chi connectivity index (χ0n) is 18.9. The molecule has 8 heteroatoms. The molecule has 176 valence electrons. The maximum Gasteiger partial charge on any atom is 0.343 e. The number of nitrogens with one attached hydrogen (secondary N) is 1. The normalized spacial score (nSPS) is 10.7. The number of aryl methyl sites for hydroxylation is 1. The molecular weight excluding hydrogens is 500 g/mol. The summed E-state index contributed by atoms with van der Waals surface area (Å²) >= 11 is 3.39. The van der Waals surface area contributed by atoms with E-state index in [2.05, 4.69) is 26.5 Å². The van der Waals surface area contributed by atoms with Gasteiger partial charge in [-0.05, 0) is 67.4 Å². The van der Waals surface area contributed by atoms with Crippen molar-refractivity contribution in [1.82, 2.24) is 5.43 Å². The van der Waals surface area contributed by atoms with Gasteiger partial charge in [0.1, 0.15) is 17.2 Å². The number of rotatable bonds is 10. The van der Waals surface area contributed by atoms with E-state index in [4.69, 9.17) is 14.2 Å². The summed E-state index contributed by atoms with van der Waals surface area (Å²) in [4.78, 5) is 24.7. The number of para-hydroxylation sites is 1. The van der Waals surface area contributed by atoms with E-state index in [1.165, 1.54) is 6.21 Å². The van der Waals surface area contributed by atoms with Crippen molar-refractivity contribution in [2.75, 3.05) is 13.2 Å². The number of carbonyl (C=O) groups excluding carboxylic acids is 2. The van der Waals surface area contributed by atoms with Crippen molar-refractivity contribution < 1.29 is 23.8 Å². The molecule has 0 saturated heterocycles. The molecule has 1 amide bonds. The highest BCUT2D eigenvalue weighted by atomic mass is 79.9. The molecule has 0 aliphatic rings. The molecule has 1 N–H and O–H groups in total. The maximum atomic E-state index is 12.6. The zero-order valence-corrected chi connectivity index (χ0v) is 20.5. The third kappa shape index (κ3) is 7.45. The molecule has 34 heavy (non-hydrogen) atoms. The quantitative estimate of drug-likeness (QED) is 0.168. The summed E-state index contributed by atoms with van der Waals surface area (Å²) in [6, 6.07) is 19.3. The molecule has 0 aliphatic carbocycles. The molecule has 0 atom stereocenters. The second kappa shape index (κ2) is 12.6. The number of carbonyl (C=O) groups is 2. The van der Waals surface area contributed by atoms with E-state index in [-0.39, 0.29) is 6.61 Å². The minimum atomic E-state index is -0.519. The molecule has 3 aromatic carbocycles. The van der Waals surface area contributed by atoms with E-state index in [9.17, 15) is 9.59 Å². The molecule has 0 aromatic heterocycles. The topological polar surface area (TPSA) is 86.2 Å². The fourth-order valence-corrected chi connectivity index (χ4v) is 3.23. The molecule has 3 rings (SSSR count). The Morgan fingerprint density at radius 3 is 2.50 bits per heavy atom. The van der Waals surface area contributed by atoms with Crippen molar-refractivity contribution in [1.29, 1.82) is 0 Å². The van der Waals surface area contributed by atoms with Crippen molar-refractivity contribution in [3.63, 3.8) is 0 Å². The number of hydrazone groups is 1. The number of hydrogen-bond donors (Lipinski definition) is 1. The second-order valence-corrected chi connectivity index (χ2v) is 8.21. The molecule has 3 aromatic rings. The van der Waals surface area contributed by atoms with E-state index < -0.39 is 11.9 Å². The van der Waals surface area contributed by atoms with Gasteiger partial charge in [-0.15, -0.1) is 0 Å². The Morgan fingerprint density at radius 2 is 1.76 bits per heavy atom. The van der Waals surface area contributed by atoms with Gasteiger partial charge in [-0.1, -0.05) is 41.1 Å². The lowest BCUT2D eigenvalue weighted by atomic mass is 10.2. The van der Waals surface area contributed by atoms with Gasteiger partial charge in [0, 0.05) is 10.0 Å². The summed E-state index contributed by atoms with van der Waals surface area (Å²) in [5, 5.41) is 3.96. The number of halogens is 1. The van der Waals surface area contributed by atoms with Crippen LogP contribution in [0.4, 0.5) is 0 Å². The standard InChI is InChI=1S/C26H25BrN2O5/c1-3-14-32-22-11-8-19(9-12-22)26(31)34-24-13-10-21(27)15-20(24)16-28-29-25(30)17-33-23-7-5-4-6-18(23)2/h4-13,15-16H,3,14,17H2,1-2H3,(H,29,30). The van der Waals surface area contributed by atoms with Crippen LogP contribution >= 0.6 is 15.9 Å². The number of amides is 1. The van der Waals surface area contributed by atoms with Crippen LogP contribution in [0.15, 0.2) is 76.3 Å². The first-order chi connectivity index (χ1) is 16.5. The molecule has 0 saturated carbocycles. The summed E-state index contributed by atoms with van der Waals surface area (Å²) in [6.07, 6.45) is 2.30. The summed E-state index contributed by atoms with van der Waals surface area (Å²) in [5.74, 6) is 0.687. The lowest BCUT2D eigenvalue weighted by Crippen LogP contribution is -2.24. The van der Waals surface area contributed by atoms with Crippen molar-refractivity contribution in [3.05, 3.63) is 87.9 Å². The van der Waals surface area contributed by atoms with E-state index in [1.54, 1.807) is 48.5 Å². The molecule has 0 fully saturated rings. The van der Waals surface area contributed by atoms with E-state index in [1.807, 2.05) is 32.0 Å². The van der Waals surface area contributed by atoms with Crippen LogP contribution in [-0.4, -0.2) is 31.3 Å². The number of nitrogens with zero attached hydrogens (tertiary/aromatic N) is 1. The average molecular weight is 525 g/mol. The van der Waals surface area contributed by atoms with Gasteiger partial charge in [-0.3, -0.25) is 4.79 Å². The van der Waals surface area contributed by atoms with Crippen molar-refractivity contribution in [2.24, 2.45) is 5.10 Å². The molecule has 7 nitrogen and oxygen atoms in total. The van der Waals surface area contributed by atoms with Gasteiger partial charge in [-0.25, -0.2) is 10.2 Å². The predicted octanol–water partition coefficient (Wildman–Crippen LogP) is 5.29. The van der Waals surface area contributed by atoms with Gasteiger partial charge in [0.05, 0.1) is 18.4 Å². The highest BCUT2D eigenvalue weighted by molar-refractivity contribution is 9.10. The Bertz CT molecular complexity index is 1160. The SMILES string of the molecule is CCCOc1ccc(C(=O)Oc2ccc(Br)cc2C=NNC(=O)COc2ccccc2C)cc1. The molecule has 0 unspecified atom stereocenters. The first-order valence-electron chi connectivity index (χ1n) is 10.7. The molecular formula is C26H25BrN2O5. The first kappa shape index (κ1) is 25.0. The Morgan fingerprint density at radius 1 is 1.00 bits per heavy atom. The number of ether oxygens (including phenoxy) is 3. The van der Waals surface area contributed by atoms with Crippen LogP contribution in [0.2, 0.25) is 0 Å². The fraction of sp³-hybridized carbons (Fsp3) is 0.192. The van der Waals surface area contributed by atoms with Gasteiger partial charge in [-0.2, -0.15) is 5.10 Å². The van der Waals surface area contributed by atoms with Crippen LogP contribution < -0.4 is 19.6 Å². The van der Waals surface area contributed by atoms with Crippen LogP contribution in [0.1, 0.15) is 34.8 Å². The van der Waals surface area contributed by atoms with Gasteiger partial charge >= 0.3 is 5.97 Å². The summed E-state index contributed by atoms with van der Waals surface area (Å²) < 4.78 is 17.4. The van der Waals surface area contributed by atoms with Crippen LogP contribution in [0.25, 0.3) is 0 Å². The Hall–Kier alpha value is -3.65. The Labute approximate surface area is 206 Å².